The zero-order valence-corrected chi connectivity index (χ0v) is 12.3. The lowest BCUT2D eigenvalue weighted by Crippen LogP contribution is -2.52. The van der Waals surface area contributed by atoms with Gasteiger partial charge in [-0.05, 0) is 19.1 Å². The van der Waals surface area contributed by atoms with E-state index in [-0.39, 0.29) is 16.2 Å². The van der Waals surface area contributed by atoms with Crippen LogP contribution >= 0.6 is 0 Å². The molecule has 0 saturated heterocycles. The van der Waals surface area contributed by atoms with Crippen LogP contribution in [-0.4, -0.2) is 49.0 Å². The third-order valence-electron chi connectivity index (χ3n) is 2.96. The predicted molar refractivity (Wildman–Crippen MR) is 74.2 cm³/mol. The minimum Gasteiger partial charge on any atom is -0.394 e. The fourth-order valence-corrected chi connectivity index (χ4v) is 2.64. The number of carbonyl (C=O) groups is 1. The normalized spacial score (nSPS) is 12.2. The maximum Gasteiger partial charge on any atom is 0.253 e. The molecule has 0 aromatic heterocycles. The molecule has 0 bridgehead atoms. The highest BCUT2D eigenvalue weighted by Gasteiger charge is 2.28. The molecule has 1 aromatic carbocycles. The minimum absolute atomic E-state index is 0.00229. The van der Waals surface area contributed by atoms with Crippen LogP contribution in [-0.2, 0) is 9.84 Å². The molecule has 0 atom stereocenters. The first-order chi connectivity index (χ1) is 9.29. The van der Waals surface area contributed by atoms with Crippen molar-refractivity contribution in [2.24, 2.45) is 0 Å². The van der Waals surface area contributed by atoms with Crippen molar-refractivity contribution in [3.8, 4) is 0 Å². The molecule has 1 aromatic rings. The average molecular weight is 301 g/mol. The van der Waals surface area contributed by atoms with E-state index in [1.54, 1.807) is 6.07 Å². The Morgan fingerprint density at radius 3 is 2.30 bits per heavy atom. The van der Waals surface area contributed by atoms with Gasteiger partial charge in [0.15, 0.2) is 9.84 Å². The third kappa shape index (κ3) is 3.56. The van der Waals surface area contributed by atoms with Gasteiger partial charge < -0.3 is 15.5 Å². The largest absolute Gasteiger partial charge is 0.394 e. The summed E-state index contributed by atoms with van der Waals surface area (Å²) < 4.78 is 23.9. The van der Waals surface area contributed by atoms with Crippen LogP contribution in [0.15, 0.2) is 29.2 Å². The zero-order chi connectivity index (χ0) is 15.4. The lowest BCUT2D eigenvalue weighted by molar-refractivity contribution is 0.0721. The second-order valence-electron chi connectivity index (χ2n) is 4.73. The Labute approximate surface area is 118 Å². The average Bonchev–Trinajstić information content (AvgIpc) is 2.47. The molecule has 0 aliphatic heterocycles. The van der Waals surface area contributed by atoms with Crippen molar-refractivity contribution in [2.45, 2.75) is 24.3 Å². The number of aliphatic hydroxyl groups is 2. The van der Waals surface area contributed by atoms with E-state index in [4.69, 9.17) is 10.2 Å². The molecule has 3 N–H and O–H groups in total. The van der Waals surface area contributed by atoms with Crippen LogP contribution in [0.25, 0.3) is 0 Å². The summed E-state index contributed by atoms with van der Waals surface area (Å²) in [5.41, 5.74) is -1.21. The van der Waals surface area contributed by atoms with Crippen molar-refractivity contribution in [2.75, 3.05) is 19.0 Å². The highest BCUT2D eigenvalue weighted by atomic mass is 32.2. The molecule has 7 heteroatoms. The maximum absolute atomic E-state index is 12.2. The van der Waals surface area contributed by atoms with Gasteiger partial charge in [0.1, 0.15) is 0 Å². The van der Waals surface area contributed by atoms with E-state index in [0.29, 0.717) is 0 Å². The first-order valence-electron chi connectivity index (χ1n) is 6.15. The van der Waals surface area contributed by atoms with E-state index in [1.165, 1.54) is 32.0 Å². The van der Waals surface area contributed by atoms with Crippen molar-refractivity contribution < 1.29 is 23.4 Å². The topological polar surface area (TPSA) is 104 Å². The summed E-state index contributed by atoms with van der Waals surface area (Å²) >= 11 is 0. The number of benzene rings is 1. The molecule has 0 aliphatic rings. The Bertz CT molecular complexity index is 578. The number of carbonyl (C=O) groups excluding carboxylic acids is 1. The fourth-order valence-electron chi connectivity index (χ4n) is 1.55. The monoisotopic (exact) mass is 301 g/mol. The standard InChI is InChI=1S/C13H19NO5S/c1-3-20(18,19)11-7-5-4-6-10(11)12(17)14-13(2,8-15)9-16/h4-7,15-16H,3,8-9H2,1-2H3,(H,14,17). The lowest BCUT2D eigenvalue weighted by atomic mass is 10.0. The first-order valence-corrected chi connectivity index (χ1v) is 7.81. The summed E-state index contributed by atoms with van der Waals surface area (Å²) in [6.07, 6.45) is 0. The van der Waals surface area contributed by atoms with Gasteiger partial charge in [0.05, 0.1) is 35.0 Å². The molecule has 0 radical (unpaired) electrons. The number of hydrogen-bond acceptors (Lipinski definition) is 5. The summed E-state index contributed by atoms with van der Waals surface area (Å²) in [6, 6.07) is 5.85. The molecular formula is C13H19NO5S. The third-order valence-corrected chi connectivity index (χ3v) is 4.75. The predicted octanol–water partition coefficient (Wildman–Crippen LogP) is -0.0467. The summed E-state index contributed by atoms with van der Waals surface area (Å²) in [4.78, 5) is 12.1. The van der Waals surface area contributed by atoms with Crippen molar-refractivity contribution in [1.82, 2.24) is 5.32 Å². The van der Waals surface area contributed by atoms with Gasteiger partial charge in [-0.2, -0.15) is 0 Å². The minimum atomic E-state index is -3.53. The second kappa shape index (κ2) is 6.34. The Hall–Kier alpha value is -1.44. The van der Waals surface area contributed by atoms with Crippen molar-refractivity contribution in [3.63, 3.8) is 0 Å². The molecule has 0 spiro atoms. The number of sulfone groups is 1. The summed E-state index contributed by atoms with van der Waals surface area (Å²) in [5, 5.41) is 20.8. The summed E-state index contributed by atoms with van der Waals surface area (Å²) in [7, 11) is -3.53. The summed E-state index contributed by atoms with van der Waals surface area (Å²) in [6.45, 7) is 2.04. The van der Waals surface area contributed by atoms with Gasteiger partial charge in [0.25, 0.3) is 5.91 Å². The Kier molecular flexibility index (Phi) is 5.27. The molecule has 112 valence electrons. The van der Waals surface area contributed by atoms with Gasteiger partial charge >= 0.3 is 0 Å². The van der Waals surface area contributed by atoms with E-state index in [9.17, 15) is 13.2 Å². The van der Waals surface area contributed by atoms with Gasteiger partial charge in [-0.3, -0.25) is 4.79 Å². The highest BCUT2D eigenvalue weighted by molar-refractivity contribution is 7.91. The van der Waals surface area contributed by atoms with Crippen LogP contribution in [0.4, 0.5) is 0 Å². The van der Waals surface area contributed by atoms with E-state index in [0.717, 1.165) is 0 Å². The Morgan fingerprint density at radius 2 is 1.80 bits per heavy atom. The van der Waals surface area contributed by atoms with E-state index < -0.39 is 34.5 Å². The molecule has 20 heavy (non-hydrogen) atoms. The van der Waals surface area contributed by atoms with E-state index in [1.807, 2.05) is 0 Å². The number of nitrogens with one attached hydrogen (secondary N) is 1. The maximum atomic E-state index is 12.2. The van der Waals surface area contributed by atoms with Crippen LogP contribution in [0.5, 0.6) is 0 Å². The number of rotatable bonds is 6. The van der Waals surface area contributed by atoms with Crippen LogP contribution in [0.1, 0.15) is 24.2 Å². The van der Waals surface area contributed by atoms with E-state index in [2.05, 4.69) is 5.32 Å². The van der Waals surface area contributed by atoms with Gasteiger partial charge in [-0.1, -0.05) is 19.1 Å². The SMILES string of the molecule is CCS(=O)(=O)c1ccccc1C(=O)NC(C)(CO)CO. The van der Waals surface area contributed by atoms with Crippen molar-refractivity contribution in [3.05, 3.63) is 29.8 Å². The summed E-state index contributed by atoms with van der Waals surface area (Å²) in [5.74, 6) is -0.766. The lowest BCUT2D eigenvalue weighted by Gasteiger charge is -2.26. The quantitative estimate of drug-likeness (QED) is 0.683. The van der Waals surface area contributed by atoms with Crippen LogP contribution < -0.4 is 5.32 Å². The van der Waals surface area contributed by atoms with Gasteiger partial charge in [0.2, 0.25) is 0 Å². The second-order valence-corrected chi connectivity index (χ2v) is 6.98. The number of amides is 1. The Balaban J connectivity index is 3.19. The van der Waals surface area contributed by atoms with Gasteiger partial charge in [-0.15, -0.1) is 0 Å². The van der Waals surface area contributed by atoms with Gasteiger partial charge in [-0.25, -0.2) is 8.42 Å². The molecule has 0 aliphatic carbocycles. The fraction of sp³-hybridized carbons (Fsp3) is 0.462. The molecule has 0 unspecified atom stereocenters. The first kappa shape index (κ1) is 16.6. The number of aliphatic hydroxyl groups excluding tert-OH is 2. The molecule has 0 fully saturated rings. The molecule has 1 rings (SSSR count). The Morgan fingerprint density at radius 1 is 1.25 bits per heavy atom. The molecular weight excluding hydrogens is 282 g/mol. The zero-order valence-electron chi connectivity index (χ0n) is 11.5. The molecule has 1 amide bonds. The van der Waals surface area contributed by atoms with Crippen molar-refractivity contribution in [1.29, 1.82) is 0 Å². The number of hydrogen-bond donors (Lipinski definition) is 3. The van der Waals surface area contributed by atoms with Gasteiger partial charge in [0, 0.05) is 0 Å². The molecule has 0 heterocycles. The molecule has 0 saturated carbocycles. The van der Waals surface area contributed by atoms with Crippen LogP contribution in [0.2, 0.25) is 0 Å². The van der Waals surface area contributed by atoms with Crippen LogP contribution in [0.3, 0.4) is 0 Å². The van der Waals surface area contributed by atoms with E-state index >= 15 is 0 Å². The van der Waals surface area contributed by atoms with Crippen molar-refractivity contribution >= 4 is 15.7 Å². The highest BCUT2D eigenvalue weighted by Crippen LogP contribution is 2.18. The van der Waals surface area contributed by atoms with Crippen LogP contribution in [0, 0.1) is 0 Å². The smallest absolute Gasteiger partial charge is 0.253 e. The molecule has 6 nitrogen and oxygen atoms in total.